The molecular formula is C14H13ClFNO3S. The van der Waals surface area contributed by atoms with Crippen LogP contribution < -0.4 is 4.72 Å². The zero-order valence-electron chi connectivity index (χ0n) is 10.8. The third-order valence-corrected chi connectivity index (χ3v) is 4.82. The van der Waals surface area contributed by atoms with Gasteiger partial charge in [-0.2, -0.15) is 0 Å². The van der Waals surface area contributed by atoms with Crippen LogP contribution in [0.5, 0.6) is 0 Å². The van der Waals surface area contributed by atoms with Crippen molar-refractivity contribution in [2.45, 2.75) is 10.9 Å². The van der Waals surface area contributed by atoms with Crippen LogP contribution in [0.4, 0.5) is 4.39 Å². The number of aliphatic hydroxyl groups is 1. The van der Waals surface area contributed by atoms with Gasteiger partial charge in [0.25, 0.3) is 0 Å². The molecule has 0 amide bonds. The minimum atomic E-state index is -3.98. The molecule has 0 aromatic heterocycles. The van der Waals surface area contributed by atoms with E-state index in [1.807, 2.05) is 0 Å². The van der Waals surface area contributed by atoms with Crippen molar-refractivity contribution in [1.82, 2.24) is 4.72 Å². The molecule has 0 heterocycles. The maximum absolute atomic E-state index is 13.0. The van der Waals surface area contributed by atoms with Gasteiger partial charge in [-0.25, -0.2) is 17.5 Å². The monoisotopic (exact) mass is 329 g/mol. The molecule has 0 fully saturated rings. The Morgan fingerprint density at radius 2 is 1.86 bits per heavy atom. The number of sulfonamides is 1. The molecule has 0 aliphatic heterocycles. The molecule has 21 heavy (non-hydrogen) atoms. The molecule has 2 aromatic rings. The molecular weight excluding hydrogens is 317 g/mol. The van der Waals surface area contributed by atoms with E-state index in [-0.39, 0.29) is 9.92 Å². The second kappa shape index (κ2) is 6.53. The predicted molar refractivity (Wildman–Crippen MR) is 78.0 cm³/mol. The first kappa shape index (κ1) is 15.9. The summed E-state index contributed by atoms with van der Waals surface area (Å²) in [5.74, 6) is -0.624. The second-order valence-electron chi connectivity index (χ2n) is 4.34. The van der Waals surface area contributed by atoms with E-state index in [0.29, 0.717) is 5.56 Å². The maximum atomic E-state index is 13.0. The van der Waals surface area contributed by atoms with Crippen LogP contribution in [0.25, 0.3) is 0 Å². The number of aliphatic hydroxyl groups excluding tert-OH is 1. The summed E-state index contributed by atoms with van der Waals surface area (Å²) in [6, 6.07) is 10.8. The molecule has 2 rings (SSSR count). The standard InChI is InChI=1S/C14H13ClFNO3S/c15-12-8-11(16)6-7-14(12)21(19,20)17-13(9-18)10-4-2-1-3-5-10/h1-8,13,17-18H,9H2/t13-/m1/s1. The summed E-state index contributed by atoms with van der Waals surface area (Å²) in [5, 5.41) is 9.17. The Balaban J connectivity index is 2.32. The van der Waals surface area contributed by atoms with Crippen molar-refractivity contribution < 1.29 is 17.9 Å². The van der Waals surface area contributed by atoms with Crippen LogP contribution in [0.3, 0.4) is 0 Å². The normalized spacial score (nSPS) is 13.1. The minimum absolute atomic E-state index is 0.216. The number of nitrogens with one attached hydrogen (secondary N) is 1. The van der Waals surface area contributed by atoms with Gasteiger partial charge in [-0.3, -0.25) is 0 Å². The fraction of sp³-hybridized carbons (Fsp3) is 0.143. The highest BCUT2D eigenvalue weighted by atomic mass is 35.5. The molecule has 0 aliphatic rings. The molecule has 0 bridgehead atoms. The minimum Gasteiger partial charge on any atom is -0.394 e. The van der Waals surface area contributed by atoms with Crippen molar-refractivity contribution in [3.63, 3.8) is 0 Å². The van der Waals surface area contributed by atoms with Crippen molar-refractivity contribution in [1.29, 1.82) is 0 Å². The van der Waals surface area contributed by atoms with Crippen molar-refractivity contribution in [2.75, 3.05) is 6.61 Å². The lowest BCUT2D eigenvalue weighted by atomic mass is 10.1. The van der Waals surface area contributed by atoms with Gasteiger partial charge in [0, 0.05) is 0 Å². The molecule has 0 aliphatic carbocycles. The maximum Gasteiger partial charge on any atom is 0.242 e. The molecule has 0 radical (unpaired) electrons. The number of hydrogen-bond donors (Lipinski definition) is 2. The highest BCUT2D eigenvalue weighted by Crippen LogP contribution is 2.24. The summed E-state index contributed by atoms with van der Waals surface area (Å²) in [6.45, 7) is -0.415. The van der Waals surface area contributed by atoms with E-state index in [1.54, 1.807) is 30.3 Å². The van der Waals surface area contributed by atoms with E-state index in [2.05, 4.69) is 4.72 Å². The van der Waals surface area contributed by atoms with Crippen LogP contribution in [0.1, 0.15) is 11.6 Å². The predicted octanol–water partition coefficient (Wildman–Crippen LogP) is 2.49. The van der Waals surface area contributed by atoms with Gasteiger partial charge < -0.3 is 5.11 Å². The summed E-state index contributed by atoms with van der Waals surface area (Å²) < 4.78 is 39.9. The summed E-state index contributed by atoms with van der Waals surface area (Å²) >= 11 is 5.77. The highest BCUT2D eigenvalue weighted by Gasteiger charge is 2.23. The Morgan fingerprint density at radius 3 is 2.43 bits per heavy atom. The van der Waals surface area contributed by atoms with Crippen LogP contribution in [0, 0.1) is 5.82 Å². The van der Waals surface area contributed by atoms with Crippen molar-refractivity contribution in [3.05, 3.63) is 64.9 Å². The van der Waals surface area contributed by atoms with E-state index in [0.717, 1.165) is 18.2 Å². The van der Waals surface area contributed by atoms with Crippen LogP contribution in [-0.2, 0) is 10.0 Å². The number of hydrogen-bond acceptors (Lipinski definition) is 3. The van der Waals surface area contributed by atoms with Crippen LogP contribution in [0.15, 0.2) is 53.4 Å². The van der Waals surface area contributed by atoms with Gasteiger partial charge in [0.1, 0.15) is 10.7 Å². The first-order valence-corrected chi connectivity index (χ1v) is 7.93. The molecule has 1 atom stereocenters. The first-order chi connectivity index (χ1) is 9.94. The molecule has 0 saturated carbocycles. The fourth-order valence-corrected chi connectivity index (χ4v) is 3.59. The molecule has 4 nitrogen and oxygen atoms in total. The van der Waals surface area contributed by atoms with Gasteiger partial charge in [-0.05, 0) is 23.8 Å². The Hall–Kier alpha value is -1.47. The lowest BCUT2D eigenvalue weighted by Crippen LogP contribution is -2.31. The van der Waals surface area contributed by atoms with Gasteiger partial charge in [-0.1, -0.05) is 41.9 Å². The lowest BCUT2D eigenvalue weighted by Gasteiger charge is -2.17. The van der Waals surface area contributed by atoms with E-state index in [9.17, 15) is 17.9 Å². The Kier molecular flexibility index (Phi) is 4.95. The van der Waals surface area contributed by atoms with Gasteiger partial charge >= 0.3 is 0 Å². The van der Waals surface area contributed by atoms with E-state index in [1.165, 1.54) is 0 Å². The van der Waals surface area contributed by atoms with Gasteiger partial charge in [0.2, 0.25) is 10.0 Å². The fourth-order valence-electron chi connectivity index (χ4n) is 1.84. The Bertz CT molecular complexity index is 722. The lowest BCUT2D eigenvalue weighted by molar-refractivity contribution is 0.259. The third kappa shape index (κ3) is 3.79. The van der Waals surface area contributed by atoms with Crippen LogP contribution in [-0.4, -0.2) is 20.1 Å². The van der Waals surface area contributed by atoms with Crippen molar-refractivity contribution in [2.24, 2.45) is 0 Å². The summed E-state index contributed by atoms with van der Waals surface area (Å²) in [5.41, 5.74) is 0.613. The molecule has 7 heteroatoms. The average Bonchev–Trinajstić information content (AvgIpc) is 2.45. The van der Waals surface area contributed by atoms with Gasteiger partial charge in [0.05, 0.1) is 17.7 Å². The SMILES string of the molecule is O=S(=O)(N[C@H](CO)c1ccccc1)c1ccc(F)cc1Cl. The van der Waals surface area contributed by atoms with Crippen LogP contribution >= 0.6 is 11.6 Å². The zero-order valence-corrected chi connectivity index (χ0v) is 12.4. The smallest absolute Gasteiger partial charge is 0.242 e. The molecule has 2 aromatic carbocycles. The first-order valence-electron chi connectivity index (χ1n) is 6.07. The Labute approximate surface area is 127 Å². The average molecular weight is 330 g/mol. The van der Waals surface area contributed by atoms with E-state index < -0.39 is 28.5 Å². The number of benzene rings is 2. The summed E-state index contributed by atoms with van der Waals surface area (Å²) in [4.78, 5) is -0.236. The van der Waals surface area contributed by atoms with Crippen LogP contribution in [0.2, 0.25) is 5.02 Å². The highest BCUT2D eigenvalue weighted by molar-refractivity contribution is 7.89. The van der Waals surface area contributed by atoms with Crippen molar-refractivity contribution >= 4 is 21.6 Å². The molecule has 2 N–H and O–H groups in total. The largest absolute Gasteiger partial charge is 0.394 e. The Morgan fingerprint density at radius 1 is 1.19 bits per heavy atom. The molecule has 0 saturated heterocycles. The molecule has 112 valence electrons. The van der Waals surface area contributed by atoms with Crippen molar-refractivity contribution in [3.8, 4) is 0 Å². The van der Waals surface area contributed by atoms with E-state index >= 15 is 0 Å². The number of rotatable bonds is 5. The van der Waals surface area contributed by atoms with Gasteiger partial charge in [0.15, 0.2) is 0 Å². The topological polar surface area (TPSA) is 66.4 Å². The summed E-state index contributed by atoms with van der Waals surface area (Å²) in [6.07, 6.45) is 0. The zero-order chi connectivity index (χ0) is 15.5. The molecule has 0 unspecified atom stereocenters. The number of halogens is 2. The molecule has 0 spiro atoms. The quantitative estimate of drug-likeness (QED) is 0.885. The van der Waals surface area contributed by atoms with Gasteiger partial charge in [-0.15, -0.1) is 0 Å². The second-order valence-corrected chi connectivity index (χ2v) is 6.43. The van der Waals surface area contributed by atoms with E-state index in [4.69, 9.17) is 11.6 Å². The summed E-state index contributed by atoms with van der Waals surface area (Å²) in [7, 11) is -3.98. The third-order valence-electron chi connectivity index (χ3n) is 2.87.